The zero-order valence-corrected chi connectivity index (χ0v) is 15.1. The lowest BCUT2D eigenvalue weighted by molar-refractivity contribution is 0.116. The van der Waals surface area contributed by atoms with E-state index in [-0.39, 0.29) is 0 Å². The van der Waals surface area contributed by atoms with Gasteiger partial charge in [-0.05, 0) is 70.4 Å². The lowest BCUT2D eigenvalue weighted by Gasteiger charge is -2.38. The summed E-state index contributed by atoms with van der Waals surface area (Å²) < 4.78 is 0. The molecule has 1 aromatic carbocycles. The Kier molecular flexibility index (Phi) is 6.21. The van der Waals surface area contributed by atoms with Gasteiger partial charge in [0.2, 0.25) is 0 Å². The van der Waals surface area contributed by atoms with E-state index in [2.05, 4.69) is 61.4 Å². The van der Waals surface area contributed by atoms with Crippen LogP contribution in [0.25, 0.3) is 0 Å². The van der Waals surface area contributed by atoms with E-state index in [4.69, 9.17) is 12.2 Å². The number of rotatable bonds is 4. The van der Waals surface area contributed by atoms with Crippen molar-refractivity contribution in [3.8, 4) is 0 Å². The fourth-order valence-electron chi connectivity index (χ4n) is 3.30. The van der Waals surface area contributed by atoms with Crippen LogP contribution >= 0.6 is 12.2 Å². The minimum Gasteiger partial charge on any atom is -0.361 e. The van der Waals surface area contributed by atoms with Gasteiger partial charge in [-0.3, -0.25) is 4.90 Å². The minimum atomic E-state index is 0.507. The third-order valence-corrected chi connectivity index (χ3v) is 4.94. The Morgan fingerprint density at radius 2 is 2.00 bits per heavy atom. The molecule has 1 aromatic rings. The molecule has 0 saturated carbocycles. The monoisotopic (exact) mass is 319 g/mol. The fourth-order valence-corrected chi connectivity index (χ4v) is 3.49. The van der Waals surface area contributed by atoms with Crippen LogP contribution < -0.4 is 10.6 Å². The Balaban J connectivity index is 1.85. The number of anilines is 1. The Hall–Kier alpha value is -1.13. The predicted molar refractivity (Wildman–Crippen MR) is 99.6 cm³/mol. The van der Waals surface area contributed by atoms with Gasteiger partial charge in [0.05, 0.1) is 0 Å². The number of thiocarbonyl (C=S) groups is 1. The van der Waals surface area contributed by atoms with Crippen LogP contribution in [-0.2, 0) is 0 Å². The molecule has 0 spiro atoms. The molecule has 122 valence electrons. The molecule has 4 heteroatoms. The molecule has 2 N–H and O–H groups in total. The van der Waals surface area contributed by atoms with E-state index >= 15 is 0 Å². The zero-order valence-electron chi connectivity index (χ0n) is 14.3. The maximum Gasteiger partial charge on any atom is 0.170 e. The quantitative estimate of drug-likeness (QED) is 0.824. The van der Waals surface area contributed by atoms with E-state index in [1.165, 1.54) is 36.9 Å². The van der Waals surface area contributed by atoms with Crippen LogP contribution in [0.3, 0.4) is 0 Å². The Bertz CT molecular complexity index is 495. The van der Waals surface area contributed by atoms with E-state index in [9.17, 15) is 0 Å². The normalized spacial score (nSPS) is 20.5. The van der Waals surface area contributed by atoms with Crippen LogP contribution in [0, 0.1) is 13.8 Å². The van der Waals surface area contributed by atoms with Crippen molar-refractivity contribution in [1.82, 2.24) is 10.2 Å². The first-order valence-corrected chi connectivity index (χ1v) is 8.76. The van der Waals surface area contributed by atoms with Gasteiger partial charge in [0.25, 0.3) is 0 Å². The molecule has 3 nitrogen and oxygen atoms in total. The summed E-state index contributed by atoms with van der Waals surface area (Å²) in [5.41, 5.74) is 3.57. The average molecular weight is 320 g/mol. The summed E-state index contributed by atoms with van der Waals surface area (Å²) in [6.45, 7) is 10.9. The van der Waals surface area contributed by atoms with Crippen molar-refractivity contribution in [3.63, 3.8) is 0 Å². The molecule has 1 saturated heterocycles. The summed E-state index contributed by atoms with van der Waals surface area (Å²) in [6, 6.07) is 7.48. The number of hydrogen-bond donors (Lipinski definition) is 2. The van der Waals surface area contributed by atoms with Gasteiger partial charge in [0, 0.05) is 24.3 Å². The average Bonchev–Trinajstić information content (AvgIpc) is 2.49. The number of para-hydroxylation sites is 1. The molecule has 1 fully saturated rings. The third kappa shape index (κ3) is 4.43. The van der Waals surface area contributed by atoms with Gasteiger partial charge in [-0.15, -0.1) is 0 Å². The van der Waals surface area contributed by atoms with Gasteiger partial charge in [-0.25, -0.2) is 0 Å². The summed E-state index contributed by atoms with van der Waals surface area (Å²) in [7, 11) is 0. The molecular formula is C18H29N3S. The lowest BCUT2D eigenvalue weighted by Crippen LogP contribution is -2.49. The van der Waals surface area contributed by atoms with Crippen LogP contribution in [-0.4, -0.2) is 35.2 Å². The second kappa shape index (κ2) is 7.93. The molecule has 1 heterocycles. The zero-order chi connectivity index (χ0) is 16.1. The molecule has 2 unspecified atom stereocenters. The molecule has 0 bridgehead atoms. The number of nitrogens with zero attached hydrogens (tertiary/aromatic N) is 1. The van der Waals surface area contributed by atoms with Crippen LogP contribution in [0.5, 0.6) is 0 Å². The first-order valence-electron chi connectivity index (χ1n) is 8.36. The van der Waals surface area contributed by atoms with E-state index in [1.54, 1.807) is 0 Å². The van der Waals surface area contributed by atoms with Gasteiger partial charge in [-0.2, -0.15) is 0 Å². The SMILES string of the molecule is Cc1cccc(C)c1NC(=S)NCC(C)N1CCCCC1C. The number of aryl methyl sites for hydroxylation is 2. The second-order valence-electron chi connectivity index (χ2n) is 6.53. The van der Waals surface area contributed by atoms with Gasteiger partial charge < -0.3 is 10.6 Å². The first kappa shape index (κ1) is 17.2. The van der Waals surface area contributed by atoms with Gasteiger partial charge in [0.15, 0.2) is 5.11 Å². The van der Waals surface area contributed by atoms with E-state index in [0.717, 1.165) is 12.2 Å². The summed E-state index contributed by atoms with van der Waals surface area (Å²) in [5.74, 6) is 0. The van der Waals surface area contributed by atoms with E-state index in [0.29, 0.717) is 17.2 Å². The first-order chi connectivity index (χ1) is 10.5. The topological polar surface area (TPSA) is 27.3 Å². The molecule has 2 rings (SSSR count). The van der Waals surface area contributed by atoms with Crippen molar-refractivity contribution in [2.75, 3.05) is 18.4 Å². The Labute approximate surface area is 140 Å². The van der Waals surface area contributed by atoms with E-state index < -0.39 is 0 Å². The molecule has 0 amide bonds. The maximum atomic E-state index is 5.46. The van der Waals surface area contributed by atoms with Crippen molar-refractivity contribution < 1.29 is 0 Å². The largest absolute Gasteiger partial charge is 0.361 e. The fraction of sp³-hybridized carbons (Fsp3) is 0.611. The lowest BCUT2D eigenvalue weighted by atomic mass is 10.0. The summed E-state index contributed by atoms with van der Waals surface area (Å²) in [5, 5.41) is 7.45. The van der Waals surface area contributed by atoms with Crippen molar-refractivity contribution in [2.24, 2.45) is 0 Å². The summed E-state index contributed by atoms with van der Waals surface area (Å²) in [6.07, 6.45) is 4.00. The summed E-state index contributed by atoms with van der Waals surface area (Å²) >= 11 is 5.46. The Morgan fingerprint density at radius 3 is 2.64 bits per heavy atom. The van der Waals surface area contributed by atoms with Crippen LogP contribution in [0.4, 0.5) is 5.69 Å². The summed E-state index contributed by atoms with van der Waals surface area (Å²) in [4.78, 5) is 2.60. The molecule has 0 aliphatic carbocycles. The molecule has 0 aromatic heterocycles. The van der Waals surface area contributed by atoms with Crippen LogP contribution in [0.1, 0.15) is 44.2 Å². The molecular weight excluding hydrogens is 290 g/mol. The maximum absolute atomic E-state index is 5.46. The molecule has 22 heavy (non-hydrogen) atoms. The number of benzene rings is 1. The predicted octanol–water partition coefficient (Wildman–Crippen LogP) is 3.85. The highest BCUT2D eigenvalue weighted by atomic mass is 32.1. The van der Waals surface area contributed by atoms with E-state index in [1.807, 2.05) is 0 Å². The minimum absolute atomic E-state index is 0.507. The van der Waals surface area contributed by atoms with Crippen molar-refractivity contribution in [3.05, 3.63) is 29.3 Å². The number of likely N-dealkylation sites (tertiary alicyclic amines) is 1. The smallest absolute Gasteiger partial charge is 0.170 e. The third-order valence-electron chi connectivity index (χ3n) is 4.70. The van der Waals surface area contributed by atoms with Crippen molar-refractivity contribution in [2.45, 2.75) is 59.0 Å². The van der Waals surface area contributed by atoms with Crippen LogP contribution in [0.15, 0.2) is 18.2 Å². The number of nitrogens with one attached hydrogen (secondary N) is 2. The molecule has 2 atom stereocenters. The molecule has 1 aliphatic rings. The Morgan fingerprint density at radius 1 is 1.32 bits per heavy atom. The number of hydrogen-bond acceptors (Lipinski definition) is 2. The standard InChI is InChI=1S/C18H29N3S/c1-13-8-7-9-14(2)17(13)20-18(22)19-12-16(4)21-11-6-5-10-15(21)3/h7-9,15-16H,5-6,10-12H2,1-4H3,(H2,19,20,22). The highest BCUT2D eigenvalue weighted by Gasteiger charge is 2.22. The van der Waals surface area contributed by atoms with Gasteiger partial charge >= 0.3 is 0 Å². The number of piperidine rings is 1. The molecule has 0 radical (unpaired) electrons. The van der Waals surface area contributed by atoms with Gasteiger partial charge in [-0.1, -0.05) is 24.6 Å². The van der Waals surface area contributed by atoms with Crippen molar-refractivity contribution in [1.29, 1.82) is 0 Å². The van der Waals surface area contributed by atoms with Crippen molar-refractivity contribution >= 4 is 23.0 Å². The highest BCUT2D eigenvalue weighted by molar-refractivity contribution is 7.80. The highest BCUT2D eigenvalue weighted by Crippen LogP contribution is 2.20. The second-order valence-corrected chi connectivity index (χ2v) is 6.94. The van der Waals surface area contributed by atoms with Crippen LogP contribution in [0.2, 0.25) is 0 Å². The molecule has 1 aliphatic heterocycles. The van der Waals surface area contributed by atoms with Gasteiger partial charge in [0.1, 0.15) is 0 Å².